The number of benzene rings is 1. The molecule has 1 fully saturated rings. The van der Waals surface area contributed by atoms with Crippen molar-refractivity contribution in [1.82, 2.24) is 0 Å². The van der Waals surface area contributed by atoms with E-state index in [2.05, 4.69) is 10.0 Å². The summed E-state index contributed by atoms with van der Waals surface area (Å²) in [7, 11) is -3.84. The van der Waals surface area contributed by atoms with Crippen molar-refractivity contribution in [3.8, 4) is 0 Å². The van der Waals surface area contributed by atoms with Crippen LogP contribution in [-0.4, -0.2) is 20.9 Å². The number of hydrogen-bond acceptors (Lipinski definition) is 4. The van der Waals surface area contributed by atoms with Gasteiger partial charge < -0.3 is 11.1 Å². The van der Waals surface area contributed by atoms with Crippen LogP contribution in [-0.2, 0) is 15.0 Å². The minimum Gasteiger partial charge on any atom is -0.329 e. The maximum Gasteiger partial charge on any atom is 0.296 e. The minimum atomic E-state index is -3.84. The molecule has 6 N–H and O–H groups in total. The van der Waals surface area contributed by atoms with Gasteiger partial charge in [-0.1, -0.05) is 18.9 Å². The van der Waals surface area contributed by atoms with Gasteiger partial charge in [0.2, 0.25) is 5.91 Å². The van der Waals surface area contributed by atoms with E-state index in [0.29, 0.717) is 17.9 Å². The van der Waals surface area contributed by atoms with Crippen LogP contribution in [0.5, 0.6) is 0 Å². The second-order valence-corrected chi connectivity index (χ2v) is 6.67. The third-order valence-electron chi connectivity index (χ3n) is 3.81. The largest absolute Gasteiger partial charge is 0.329 e. The molecule has 0 unspecified atom stereocenters. The van der Waals surface area contributed by atoms with E-state index in [0.717, 1.165) is 25.7 Å². The third-order valence-corrected chi connectivity index (χ3v) is 4.33. The lowest BCUT2D eigenvalue weighted by Crippen LogP contribution is -2.40. The zero-order valence-electron chi connectivity index (χ0n) is 11.6. The van der Waals surface area contributed by atoms with Crippen molar-refractivity contribution in [1.29, 1.82) is 0 Å². The number of nitrogens with one attached hydrogen (secondary N) is 2. The van der Waals surface area contributed by atoms with E-state index in [1.54, 1.807) is 18.2 Å². The molecule has 0 spiro atoms. The summed E-state index contributed by atoms with van der Waals surface area (Å²) < 4.78 is 24.2. The fraction of sp³-hybridized carbons (Fsp3) is 0.462. The van der Waals surface area contributed by atoms with Gasteiger partial charge in [-0.15, -0.1) is 0 Å². The molecule has 116 valence electrons. The molecule has 0 heterocycles. The molecule has 8 heteroatoms. The number of carbonyl (C=O) groups is 1. The highest BCUT2D eigenvalue weighted by Gasteiger charge is 2.39. The number of rotatable bonds is 5. The second-order valence-electron chi connectivity index (χ2n) is 5.37. The summed E-state index contributed by atoms with van der Waals surface area (Å²) in [4.78, 5) is 12.4. The fourth-order valence-corrected chi connectivity index (χ4v) is 3.12. The van der Waals surface area contributed by atoms with Crippen LogP contribution in [0.2, 0.25) is 0 Å². The molecule has 1 aliphatic rings. The first-order chi connectivity index (χ1) is 9.85. The second kappa shape index (κ2) is 6.00. The maximum atomic E-state index is 12.4. The van der Waals surface area contributed by atoms with Gasteiger partial charge in [-0.3, -0.25) is 9.52 Å². The standard InChI is InChI=1S/C13H20N4O3S/c14-9-13(6-1-2-7-13)12(18)16-10-4-3-5-11(8-10)17-21(15,19)20/h3-5,8,17H,1-2,6-7,9,14H2,(H,16,18)(H2,15,19,20). The molecule has 0 bridgehead atoms. The molecule has 1 aliphatic carbocycles. The highest BCUT2D eigenvalue weighted by Crippen LogP contribution is 2.38. The molecule has 0 aromatic heterocycles. The number of hydrogen-bond donors (Lipinski definition) is 4. The Morgan fingerprint density at radius 1 is 1.24 bits per heavy atom. The summed E-state index contributed by atoms with van der Waals surface area (Å²) in [6.07, 6.45) is 3.56. The van der Waals surface area contributed by atoms with E-state index in [1.165, 1.54) is 6.07 Å². The van der Waals surface area contributed by atoms with Gasteiger partial charge in [-0.25, -0.2) is 5.14 Å². The molecule has 0 saturated heterocycles. The van der Waals surface area contributed by atoms with Crippen LogP contribution < -0.4 is 20.9 Å². The number of carbonyl (C=O) groups excluding carboxylic acids is 1. The van der Waals surface area contributed by atoms with Gasteiger partial charge in [0, 0.05) is 12.2 Å². The van der Waals surface area contributed by atoms with Gasteiger partial charge in [0.25, 0.3) is 10.2 Å². The van der Waals surface area contributed by atoms with Crippen molar-refractivity contribution in [2.45, 2.75) is 25.7 Å². The Balaban J connectivity index is 2.12. The van der Waals surface area contributed by atoms with E-state index in [1.807, 2.05) is 0 Å². The average Bonchev–Trinajstić information content (AvgIpc) is 2.87. The lowest BCUT2D eigenvalue weighted by molar-refractivity contribution is -0.124. The number of nitrogens with two attached hydrogens (primary N) is 2. The third kappa shape index (κ3) is 3.93. The van der Waals surface area contributed by atoms with Crippen molar-refractivity contribution in [3.05, 3.63) is 24.3 Å². The minimum absolute atomic E-state index is 0.116. The van der Waals surface area contributed by atoms with Crippen molar-refractivity contribution >= 4 is 27.5 Å². The molecule has 1 aromatic carbocycles. The highest BCUT2D eigenvalue weighted by molar-refractivity contribution is 7.90. The smallest absolute Gasteiger partial charge is 0.296 e. The maximum absolute atomic E-state index is 12.4. The summed E-state index contributed by atoms with van der Waals surface area (Å²) in [5.74, 6) is -0.116. The van der Waals surface area contributed by atoms with Crippen LogP contribution in [0, 0.1) is 5.41 Å². The molecule has 0 radical (unpaired) electrons. The Morgan fingerprint density at radius 3 is 2.43 bits per heavy atom. The normalized spacial score (nSPS) is 17.4. The lowest BCUT2D eigenvalue weighted by Gasteiger charge is -2.25. The number of amides is 1. The molecule has 0 atom stereocenters. The molecular formula is C13H20N4O3S. The number of anilines is 2. The molecule has 1 amide bonds. The monoisotopic (exact) mass is 312 g/mol. The van der Waals surface area contributed by atoms with E-state index in [4.69, 9.17) is 10.9 Å². The predicted octanol–water partition coefficient (Wildman–Crippen LogP) is 0.760. The van der Waals surface area contributed by atoms with Crippen LogP contribution in [0.1, 0.15) is 25.7 Å². The van der Waals surface area contributed by atoms with Gasteiger partial charge in [0.05, 0.1) is 11.1 Å². The van der Waals surface area contributed by atoms with E-state index in [9.17, 15) is 13.2 Å². The molecule has 7 nitrogen and oxygen atoms in total. The predicted molar refractivity (Wildman–Crippen MR) is 81.8 cm³/mol. The SMILES string of the molecule is NCC1(C(=O)Nc2cccc(NS(N)(=O)=O)c2)CCCC1. The van der Waals surface area contributed by atoms with Crippen molar-refractivity contribution in [3.63, 3.8) is 0 Å². The molecule has 1 aromatic rings. The van der Waals surface area contributed by atoms with Gasteiger partial charge in [0.1, 0.15) is 0 Å². The van der Waals surface area contributed by atoms with Crippen molar-refractivity contribution in [2.75, 3.05) is 16.6 Å². The van der Waals surface area contributed by atoms with Gasteiger partial charge in [-0.05, 0) is 31.0 Å². The molecule has 0 aliphatic heterocycles. The van der Waals surface area contributed by atoms with E-state index >= 15 is 0 Å². The Hall–Kier alpha value is -1.64. The zero-order valence-corrected chi connectivity index (χ0v) is 12.4. The summed E-state index contributed by atoms with van der Waals surface area (Å²) in [5.41, 5.74) is 6.06. The van der Waals surface area contributed by atoms with Gasteiger partial charge in [0.15, 0.2) is 0 Å². The first-order valence-corrected chi connectivity index (χ1v) is 8.31. The van der Waals surface area contributed by atoms with Crippen LogP contribution in [0.3, 0.4) is 0 Å². The lowest BCUT2D eigenvalue weighted by atomic mass is 9.85. The van der Waals surface area contributed by atoms with Crippen LogP contribution in [0.25, 0.3) is 0 Å². The Morgan fingerprint density at radius 2 is 1.86 bits per heavy atom. The first kappa shape index (κ1) is 15.7. The molecule has 2 rings (SSSR count). The summed E-state index contributed by atoms with van der Waals surface area (Å²) >= 11 is 0. The summed E-state index contributed by atoms with van der Waals surface area (Å²) in [6.45, 7) is 0.313. The Labute approximate surface area is 124 Å². The highest BCUT2D eigenvalue weighted by atomic mass is 32.2. The van der Waals surface area contributed by atoms with Crippen molar-refractivity contribution in [2.24, 2.45) is 16.3 Å². The van der Waals surface area contributed by atoms with Gasteiger partial charge in [-0.2, -0.15) is 8.42 Å². The molecule has 21 heavy (non-hydrogen) atoms. The van der Waals surface area contributed by atoms with Crippen LogP contribution in [0.4, 0.5) is 11.4 Å². The average molecular weight is 312 g/mol. The molecular weight excluding hydrogens is 292 g/mol. The van der Waals surface area contributed by atoms with E-state index < -0.39 is 15.6 Å². The topological polar surface area (TPSA) is 127 Å². The zero-order chi connectivity index (χ0) is 15.5. The summed E-state index contributed by atoms with van der Waals surface area (Å²) in [6, 6.07) is 6.38. The Kier molecular flexibility index (Phi) is 4.50. The fourth-order valence-electron chi connectivity index (χ4n) is 2.66. The van der Waals surface area contributed by atoms with Crippen LogP contribution in [0.15, 0.2) is 24.3 Å². The first-order valence-electron chi connectivity index (χ1n) is 6.77. The molecule has 1 saturated carbocycles. The van der Waals surface area contributed by atoms with Crippen molar-refractivity contribution < 1.29 is 13.2 Å². The van der Waals surface area contributed by atoms with E-state index in [-0.39, 0.29) is 5.91 Å². The summed E-state index contributed by atoms with van der Waals surface area (Å²) in [5, 5.41) is 7.73. The Bertz CT molecular complexity index is 624. The van der Waals surface area contributed by atoms with Crippen LogP contribution >= 0.6 is 0 Å². The van der Waals surface area contributed by atoms with Gasteiger partial charge >= 0.3 is 0 Å². The quantitative estimate of drug-likeness (QED) is 0.640.